The van der Waals surface area contributed by atoms with Gasteiger partial charge in [0.25, 0.3) is 0 Å². The van der Waals surface area contributed by atoms with E-state index in [1.165, 1.54) is 12.3 Å². The maximum Gasteiger partial charge on any atom is 0.192 e. The number of rotatable bonds is 3. The molecule has 4 nitrogen and oxygen atoms in total. The molecule has 17 heavy (non-hydrogen) atoms. The lowest BCUT2D eigenvalue weighted by molar-refractivity contribution is -0.132. The molecule has 1 rings (SSSR count). The van der Waals surface area contributed by atoms with Gasteiger partial charge in [0, 0.05) is 6.08 Å². The minimum atomic E-state index is -1.87. The lowest BCUT2D eigenvalue weighted by Gasteiger charge is -2.37. The highest BCUT2D eigenvalue weighted by atomic mass is 28.4. The number of aliphatic hydroxyl groups excluding tert-OH is 1. The number of aliphatic hydroxyl groups is 1. The third-order valence-corrected chi connectivity index (χ3v) is 8.04. The predicted octanol–water partition coefficient (Wildman–Crippen LogP) is 1.85. The zero-order valence-electron chi connectivity index (χ0n) is 11.2. The van der Waals surface area contributed by atoms with Crippen LogP contribution in [0.3, 0.4) is 0 Å². The van der Waals surface area contributed by atoms with E-state index < -0.39 is 20.5 Å². The van der Waals surface area contributed by atoms with Gasteiger partial charge in [-0.05, 0) is 18.1 Å². The summed E-state index contributed by atoms with van der Waals surface area (Å²) in [7, 11) is -1.87. The minimum absolute atomic E-state index is 0.104. The Labute approximate surface area is 104 Å². The van der Waals surface area contributed by atoms with E-state index in [0.717, 1.165) is 0 Å². The van der Waals surface area contributed by atoms with Gasteiger partial charge in [0.15, 0.2) is 26.3 Å². The van der Waals surface area contributed by atoms with E-state index in [-0.39, 0.29) is 17.4 Å². The van der Waals surface area contributed by atoms with E-state index in [2.05, 4.69) is 33.9 Å². The molecule has 1 aliphatic heterocycles. The molecule has 1 N–H and O–H groups in total. The van der Waals surface area contributed by atoms with Gasteiger partial charge in [-0.15, -0.1) is 0 Å². The lowest BCUT2D eigenvalue weighted by Crippen LogP contribution is -2.47. The topological polar surface area (TPSA) is 55.8 Å². The van der Waals surface area contributed by atoms with Crippen LogP contribution in [-0.2, 0) is 14.0 Å². The fourth-order valence-corrected chi connectivity index (χ4v) is 2.21. The zero-order valence-corrected chi connectivity index (χ0v) is 12.2. The van der Waals surface area contributed by atoms with E-state index in [9.17, 15) is 9.90 Å². The second-order valence-corrected chi connectivity index (χ2v) is 10.7. The Balaban J connectivity index is 2.57. The molecule has 98 valence electrons. The fourth-order valence-electron chi connectivity index (χ4n) is 1.20. The van der Waals surface area contributed by atoms with Gasteiger partial charge in [0.1, 0.15) is 0 Å². The summed E-state index contributed by atoms with van der Waals surface area (Å²) in [4.78, 5) is 11.3. The second-order valence-electron chi connectivity index (χ2n) is 5.90. The Bertz CT molecular complexity index is 317. The Morgan fingerprint density at radius 2 is 2.06 bits per heavy atom. The molecule has 0 fully saturated rings. The van der Waals surface area contributed by atoms with Crippen molar-refractivity contribution in [1.29, 1.82) is 0 Å². The van der Waals surface area contributed by atoms with E-state index in [4.69, 9.17) is 9.16 Å². The molecule has 0 saturated heterocycles. The van der Waals surface area contributed by atoms with Gasteiger partial charge < -0.3 is 14.3 Å². The third-order valence-electron chi connectivity index (χ3n) is 3.54. The monoisotopic (exact) mass is 258 g/mol. The molecule has 0 saturated carbocycles. The number of carbonyl (C=O) groups excluding carboxylic acids is 1. The summed E-state index contributed by atoms with van der Waals surface area (Å²) in [6, 6.07) is 0. The van der Waals surface area contributed by atoms with Gasteiger partial charge in [-0.1, -0.05) is 20.8 Å². The van der Waals surface area contributed by atoms with Gasteiger partial charge in [0.2, 0.25) is 0 Å². The van der Waals surface area contributed by atoms with Crippen LogP contribution in [-0.4, -0.2) is 38.0 Å². The Hall–Kier alpha value is -0.653. The SMILES string of the molecule is CC(C)(C)[Si](C)(C)OC[C@@H]1OC=CC(=O)[C@H]1O. The number of hydrogen-bond donors (Lipinski definition) is 1. The van der Waals surface area contributed by atoms with Crippen molar-refractivity contribution in [2.45, 2.75) is 51.1 Å². The van der Waals surface area contributed by atoms with E-state index >= 15 is 0 Å². The number of hydrogen-bond acceptors (Lipinski definition) is 4. The number of ether oxygens (including phenoxy) is 1. The molecule has 0 bridgehead atoms. The van der Waals surface area contributed by atoms with Crippen LogP contribution < -0.4 is 0 Å². The number of carbonyl (C=O) groups is 1. The molecule has 0 unspecified atom stereocenters. The molecule has 1 aliphatic rings. The maximum atomic E-state index is 11.3. The highest BCUT2D eigenvalue weighted by Crippen LogP contribution is 2.36. The molecule has 1 heterocycles. The van der Waals surface area contributed by atoms with Crippen molar-refractivity contribution >= 4 is 14.1 Å². The van der Waals surface area contributed by atoms with Crippen LogP contribution >= 0.6 is 0 Å². The molecule has 5 heteroatoms. The molecular weight excluding hydrogens is 236 g/mol. The summed E-state index contributed by atoms with van der Waals surface area (Å²) >= 11 is 0. The zero-order chi connectivity index (χ0) is 13.3. The van der Waals surface area contributed by atoms with Crippen LogP contribution in [0, 0.1) is 0 Å². The quantitative estimate of drug-likeness (QED) is 0.785. The molecule has 0 aromatic heterocycles. The van der Waals surface area contributed by atoms with Crippen LogP contribution in [0.25, 0.3) is 0 Å². The summed E-state index contributed by atoms with van der Waals surface area (Å²) < 4.78 is 11.1. The molecule has 2 atom stereocenters. The van der Waals surface area contributed by atoms with Gasteiger partial charge in [-0.2, -0.15) is 0 Å². The molecule has 0 spiro atoms. The summed E-state index contributed by atoms with van der Waals surface area (Å²) in [5.41, 5.74) is 0. The standard InChI is InChI=1S/C12H22O4Si/c1-12(2,3)17(4,5)16-8-10-11(14)9(13)6-7-15-10/h6-7,10-11,14H,8H2,1-5H3/t10-,11+/m0/s1. The molecule has 0 aromatic carbocycles. The Morgan fingerprint density at radius 1 is 1.47 bits per heavy atom. The first-order valence-electron chi connectivity index (χ1n) is 5.83. The average Bonchev–Trinajstić information content (AvgIpc) is 2.18. The average molecular weight is 258 g/mol. The van der Waals surface area contributed by atoms with Crippen LogP contribution in [0.15, 0.2) is 12.3 Å². The van der Waals surface area contributed by atoms with Gasteiger partial charge >= 0.3 is 0 Å². The van der Waals surface area contributed by atoms with Crippen molar-refractivity contribution in [3.63, 3.8) is 0 Å². The van der Waals surface area contributed by atoms with Crippen LogP contribution in [0.2, 0.25) is 18.1 Å². The van der Waals surface area contributed by atoms with Gasteiger partial charge in [-0.3, -0.25) is 4.79 Å². The van der Waals surface area contributed by atoms with Gasteiger partial charge in [-0.25, -0.2) is 0 Å². The Kier molecular flexibility index (Phi) is 4.17. The maximum absolute atomic E-state index is 11.3. The fraction of sp³-hybridized carbons (Fsp3) is 0.750. The highest BCUT2D eigenvalue weighted by Gasteiger charge is 2.39. The highest BCUT2D eigenvalue weighted by molar-refractivity contribution is 6.74. The predicted molar refractivity (Wildman–Crippen MR) is 68.2 cm³/mol. The second kappa shape index (κ2) is 4.92. The van der Waals surface area contributed by atoms with Crippen LogP contribution in [0.1, 0.15) is 20.8 Å². The van der Waals surface area contributed by atoms with Gasteiger partial charge in [0.05, 0.1) is 12.9 Å². The van der Waals surface area contributed by atoms with Crippen molar-refractivity contribution < 1.29 is 19.1 Å². The molecule has 0 aliphatic carbocycles. The summed E-state index contributed by atoms with van der Waals surface area (Å²) in [6.07, 6.45) is 0.883. The Morgan fingerprint density at radius 3 is 2.59 bits per heavy atom. The van der Waals surface area contributed by atoms with E-state index in [1.54, 1.807) is 0 Å². The smallest absolute Gasteiger partial charge is 0.192 e. The van der Waals surface area contributed by atoms with Crippen molar-refractivity contribution in [2.24, 2.45) is 0 Å². The molecule has 0 radical (unpaired) electrons. The first kappa shape index (κ1) is 14.4. The first-order valence-corrected chi connectivity index (χ1v) is 8.74. The molecule has 0 amide bonds. The molecule has 0 aromatic rings. The summed E-state index contributed by atoms with van der Waals surface area (Å²) in [6.45, 7) is 10.9. The van der Waals surface area contributed by atoms with Crippen molar-refractivity contribution in [2.75, 3.05) is 6.61 Å². The lowest BCUT2D eigenvalue weighted by atomic mass is 10.1. The third kappa shape index (κ3) is 3.40. The van der Waals surface area contributed by atoms with Crippen molar-refractivity contribution in [3.8, 4) is 0 Å². The summed E-state index contributed by atoms with van der Waals surface area (Å²) in [5, 5.41) is 9.75. The van der Waals surface area contributed by atoms with E-state index in [0.29, 0.717) is 0 Å². The van der Waals surface area contributed by atoms with Crippen LogP contribution in [0.4, 0.5) is 0 Å². The first-order chi connectivity index (χ1) is 7.65. The minimum Gasteiger partial charge on any atom is -0.492 e. The molecular formula is C12H22O4Si. The number of ketones is 1. The summed E-state index contributed by atoms with van der Waals surface area (Å²) in [5.74, 6) is -0.319. The van der Waals surface area contributed by atoms with Crippen molar-refractivity contribution in [3.05, 3.63) is 12.3 Å². The largest absolute Gasteiger partial charge is 0.492 e. The van der Waals surface area contributed by atoms with Crippen LogP contribution in [0.5, 0.6) is 0 Å². The van der Waals surface area contributed by atoms with E-state index in [1.807, 2.05) is 0 Å². The normalized spacial score (nSPS) is 25.9. The van der Waals surface area contributed by atoms with Crippen molar-refractivity contribution in [1.82, 2.24) is 0 Å².